The van der Waals surface area contributed by atoms with Crippen molar-refractivity contribution in [2.45, 2.75) is 6.92 Å². The van der Waals surface area contributed by atoms with Crippen LogP contribution in [0.5, 0.6) is 0 Å². The number of aromatic nitrogens is 1. The summed E-state index contributed by atoms with van der Waals surface area (Å²) >= 11 is 1.51. The Bertz CT molecular complexity index is 558. The van der Waals surface area contributed by atoms with Crippen LogP contribution in [0.25, 0.3) is 16.6 Å². The van der Waals surface area contributed by atoms with Crippen molar-refractivity contribution < 1.29 is 9.90 Å². The number of aliphatic carboxylic acids is 1. The van der Waals surface area contributed by atoms with Gasteiger partial charge >= 0.3 is 5.97 Å². The third kappa shape index (κ3) is 2.79. The highest BCUT2D eigenvalue weighted by Gasteiger charge is 2.05. The topological polar surface area (TPSA) is 50.2 Å². The second-order valence-electron chi connectivity index (χ2n) is 3.58. The first-order valence-corrected chi connectivity index (χ1v) is 5.97. The Hall–Kier alpha value is -1.94. The van der Waals surface area contributed by atoms with Crippen LogP contribution < -0.4 is 0 Å². The molecule has 0 bridgehead atoms. The van der Waals surface area contributed by atoms with E-state index in [2.05, 4.69) is 4.98 Å². The summed E-state index contributed by atoms with van der Waals surface area (Å²) in [4.78, 5) is 15.1. The average Bonchev–Trinajstić information content (AvgIpc) is 2.78. The smallest absolute Gasteiger partial charge is 0.331 e. The highest BCUT2D eigenvalue weighted by Crippen LogP contribution is 2.24. The van der Waals surface area contributed by atoms with E-state index in [-0.39, 0.29) is 5.57 Å². The maximum absolute atomic E-state index is 10.7. The van der Waals surface area contributed by atoms with Gasteiger partial charge in [-0.05, 0) is 13.0 Å². The molecule has 2 rings (SSSR count). The Morgan fingerprint density at radius 2 is 2.06 bits per heavy atom. The zero-order valence-electron chi connectivity index (χ0n) is 9.25. The molecule has 0 amide bonds. The monoisotopic (exact) mass is 245 g/mol. The number of carbonyl (C=O) groups is 1. The molecule has 3 nitrogen and oxygen atoms in total. The summed E-state index contributed by atoms with van der Waals surface area (Å²) < 4.78 is 0. The largest absolute Gasteiger partial charge is 0.478 e. The molecule has 0 saturated heterocycles. The van der Waals surface area contributed by atoms with Gasteiger partial charge in [0.2, 0.25) is 0 Å². The standard InChI is InChI=1S/C13H11NO2S/c1-9(13(15)16)7-11-8-17-12(14-11)10-5-3-2-4-6-10/h2-8H,1H3,(H,15,16)/b9-7+. The molecular weight excluding hydrogens is 234 g/mol. The number of carboxylic acids is 1. The van der Waals surface area contributed by atoms with Gasteiger partial charge in [0.1, 0.15) is 5.01 Å². The summed E-state index contributed by atoms with van der Waals surface area (Å²) in [7, 11) is 0. The van der Waals surface area contributed by atoms with E-state index in [1.807, 2.05) is 35.7 Å². The number of rotatable bonds is 3. The molecule has 17 heavy (non-hydrogen) atoms. The van der Waals surface area contributed by atoms with Crippen LogP contribution in [-0.4, -0.2) is 16.1 Å². The predicted molar refractivity (Wildman–Crippen MR) is 68.8 cm³/mol. The van der Waals surface area contributed by atoms with Gasteiger partial charge in [-0.3, -0.25) is 0 Å². The van der Waals surface area contributed by atoms with Gasteiger partial charge in [0.15, 0.2) is 0 Å². The van der Waals surface area contributed by atoms with E-state index in [0.717, 1.165) is 10.6 Å². The van der Waals surface area contributed by atoms with Crippen LogP contribution in [-0.2, 0) is 4.79 Å². The normalized spacial score (nSPS) is 11.5. The molecule has 0 spiro atoms. The molecule has 0 atom stereocenters. The quantitative estimate of drug-likeness (QED) is 0.844. The zero-order chi connectivity index (χ0) is 12.3. The minimum absolute atomic E-state index is 0.287. The molecule has 0 aliphatic rings. The van der Waals surface area contributed by atoms with Crippen LogP contribution in [0.1, 0.15) is 12.6 Å². The van der Waals surface area contributed by atoms with Gasteiger partial charge in [-0.2, -0.15) is 0 Å². The first-order chi connectivity index (χ1) is 8.16. The molecular formula is C13H11NO2S. The van der Waals surface area contributed by atoms with Gasteiger partial charge in [0.05, 0.1) is 5.69 Å². The lowest BCUT2D eigenvalue weighted by atomic mass is 10.2. The summed E-state index contributed by atoms with van der Waals surface area (Å²) in [6.45, 7) is 1.56. The van der Waals surface area contributed by atoms with Crippen LogP contribution in [0, 0.1) is 0 Å². The van der Waals surface area contributed by atoms with Crippen molar-refractivity contribution in [1.82, 2.24) is 4.98 Å². The van der Waals surface area contributed by atoms with Gasteiger partial charge in [0, 0.05) is 16.5 Å². The Labute approximate surface area is 103 Å². The summed E-state index contributed by atoms with van der Waals surface area (Å²) in [6, 6.07) is 9.82. The van der Waals surface area contributed by atoms with E-state index in [4.69, 9.17) is 5.11 Å². The van der Waals surface area contributed by atoms with E-state index < -0.39 is 5.97 Å². The molecule has 1 heterocycles. The summed E-state index contributed by atoms with van der Waals surface area (Å²) in [5.74, 6) is -0.917. The molecule has 2 aromatic rings. The molecule has 0 fully saturated rings. The van der Waals surface area contributed by atoms with Crippen LogP contribution in [0.3, 0.4) is 0 Å². The van der Waals surface area contributed by atoms with E-state index >= 15 is 0 Å². The second kappa shape index (κ2) is 4.93. The van der Waals surface area contributed by atoms with Crippen LogP contribution in [0.2, 0.25) is 0 Å². The maximum Gasteiger partial charge on any atom is 0.331 e. The number of hydrogen-bond acceptors (Lipinski definition) is 3. The number of nitrogens with zero attached hydrogens (tertiary/aromatic N) is 1. The lowest BCUT2D eigenvalue weighted by Crippen LogP contribution is -1.95. The molecule has 0 radical (unpaired) electrons. The maximum atomic E-state index is 10.7. The summed E-state index contributed by atoms with van der Waals surface area (Å²) in [5, 5.41) is 11.5. The lowest BCUT2D eigenvalue weighted by molar-refractivity contribution is -0.132. The number of thiazole rings is 1. The van der Waals surface area contributed by atoms with Crippen LogP contribution >= 0.6 is 11.3 Å². The molecule has 0 aliphatic carbocycles. The number of carboxylic acid groups (broad SMARTS) is 1. The fourth-order valence-electron chi connectivity index (χ4n) is 1.35. The minimum atomic E-state index is -0.917. The first-order valence-electron chi connectivity index (χ1n) is 5.09. The highest BCUT2D eigenvalue weighted by molar-refractivity contribution is 7.13. The Morgan fingerprint density at radius 3 is 2.71 bits per heavy atom. The summed E-state index contributed by atoms with van der Waals surface area (Å²) in [6.07, 6.45) is 1.57. The van der Waals surface area contributed by atoms with E-state index in [0.29, 0.717) is 5.69 Å². The fourth-order valence-corrected chi connectivity index (χ4v) is 2.13. The molecule has 1 aromatic heterocycles. The molecule has 0 unspecified atom stereocenters. The van der Waals surface area contributed by atoms with Gasteiger partial charge < -0.3 is 5.11 Å². The van der Waals surface area contributed by atoms with Gasteiger partial charge in [-0.1, -0.05) is 30.3 Å². The lowest BCUT2D eigenvalue weighted by Gasteiger charge is -1.93. The van der Waals surface area contributed by atoms with Crippen molar-refractivity contribution >= 4 is 23.4 Å². The third-order valence-corrected chi connectivity index (χ3v) is 3.15. The van der Waals surface area contributed by atoms with Gasteiger partial charge in [0.25, 0.3) is 0 Å². The predicted octanol–water partition coefficient (Wildman–Crippen LogP) is 3.30. The Kier molecular flexibility index (Phi) is 3.35. The van der Waals surface area contributed by atoms with E-state index in [1.165, 1.54) is 11.3 Å². The average molecular weight is 245 g/mol. The van der Waals surface area contributed by atoms with Crippen molar-refractivity contribution in [3.63, 3.8) is 0 Å². The van der Waals surface area contributed by atoms with Crippen molar-refractivity contribution in [2.75, 3.05) is 0 Å². The van der Waals surface area contributed by atoms with Crippen LogP contribution in [0.4, 0.5) is 0 Å². The van der Waals surface area contributed by atoms with Crippen LogP contribution in [0.15, 0.2) is 41.3 Å². The van der Waals surface area contributed by atoms with Gasteiger partial charge in [-0.15, -0.1) is 11.3 Å². The van der Waals surface area contributed by atoms with Gasteiger partial charge in [-0.25, -0.2) is 9.78 Å². The fraction of sp³-hybridized carbons (Fsp3) is 0.0769. The molecule has 4 heteroatoms. The zero-order valence-corrected chi connectivity index (χ0v) is 10.1. The molecule has 1 aromatic carbocycles. The second-order valence-corrected chi connectivity index (χ2v) is 4.43. The van der Waals surface area contributed by atoms with E-state index in [1.54, 1.807) is 13.0 Å². The minimum Gasteiger partial charge on any atom is -0.478 e. The Balaban J connectivity index is 2.29. The van der Waals surface area contributed by atoms with Crippen molar-refractivity contribution in [3.05, 3.63) is 47.0 Å². The first kappa shape index (κ1) is 11.5. The third-order valence-electron chi connectivity index (χ3n) is 2.24. The number of benzene rings is 1. The van der Waals surface area contributed by atoms with Crippen molar-refractivity contribution in [3.8, 4) is 10.6 Å². The summed E-state index contributed by atoms with van der Waals surface area (Å²) in [5.41, 5.74) is 2.02. The van der Waals surface area contributed by atoms with Crippen molar-refractivity contribution in [2.24, 2.45) is 0 Å². The SMILES string of the molecule is C/C(=C\c1csc(-c2ccccc2)n1)C(=O)O. The van der Waals surface area contributed by atoms with E-state index in [9.17, 15) is 4.79 Å². The molecule has 1 N–H and O–H groups in total. The number of hydrogen-bond donors (Lipinski definition) is 1. The highest BCUT2D eigenvalue weighted by atomic mass is 32.1. The Morgan fingerprint density at radius 1 is 1.35 bits per heavy atom. The molecule has 0 saturated carbocycles. The molecule has 0 aliphatic heterocycles. The molecule has 86 valence electrons. The van der Waals surface area contributed by atoms with Crippen molar-refractivity contribution in [1.29, 1.82) is 0 Å².